The van der Waals surface area contributed by atoms with Gasteiger partial charge in [0, 0.05) is 12.4 Å². The standard InChI is InChI=1S/C13H13N5O3/c1-8-4-11-13(20)17(2-3-18(11)16-8)6-10-5-9(7-21-10)12(19)15-14/h2-5,7H,6,14H2,1H3,(H,15,19). The van der Waals surface area contributed by atoms with Gasteiger partial charge in [-0.15, -0.1) is 0 Å². The number of rotatable bonds is 3. The summed E-state index contributed by atoms with van der Waals surface area (Å²) in [6.07, 6.45) is 4.61. The number of hydrogen-bond acceptors (Lipinski definition) is 5. The Kier molecular flexibility index (Phi) is 3.07. The number of carbonyl (C=O) groups is 1. The van der Waals surface area contributed by atoms with Gasteiger partial charge in [0.1, 0.15) is 17.5 Å². The van der Waals surface area contributed by atoms with Gasteiger partial charge in [-0.25, -0.2) is 10.4 Å². The number of aromatic nitrogens is 3. The first-order valence-corrected chi connectivity index (χ1v) is 6.22. The van der Waals surface area contributed by atoms with E-state index in [0.717, 1.165) is 5.69 Å². The van der Waals surface area contributed by atoms with E-state index in [-0.39, 0.29) is 12.1 Å². The van der Waals surface area contributed by atoms with Gasteiger partial charge in [0.2, 0.25) is 0 Å². The van der Waals surface area contributed by atoms with E-state index in [4.69, 9.17) is 10.3 Å². The molecule has 0 bridgehead atoms. The Morgan fingerprint density at radius 1 is 1.43 bits per heavy atom. The van der Waals surface area contributed by atoms with E-state index in [1.807, 2.05) is 12.3 Å². The van der Waals surface area contributed by atoms with Crippen LogP contribution in [0.2, 0.25) is 0 Å². The molecule has 8 heteroatoms. The highest BCUT2D eigenvalue weighted by molar-refractivity contribution is 5.93. The highest BCUT2D eigenvalue weighted by Gasteiger charge is 2.11. The molecule has 0 saturated carbocycles. The molecule has 3 aromatic heterocycles. The second-order valence-corrected chi connectivity index (χ2v) is 4.62. The Balaban J connectivity index is 1.94. The molecule has 0 aromatic carbocycles. The average Bonchev–Trinajstić information content (AvgIpc) is 3.07. The van der Waals surface area contributed by atoms with E-state index in [1.54, 1.807) is 24.5 Å². The van der Waals surface area contributed by atoms with Crippen molar-refractivity contribution in [2.45, 2.75) is 13.5 Å². The number of nitrogen functional groups attached to an aromatic ring is 1. The van der Waals surface area contributed by atoms with E-state index in [1.165, 1.54) is 15.3 Å². The lowest BCUT2D eigenvalue weighted by Gasteiger charge is -2.03. The quantitative estimate of drug-likeness (QED) is 0.402. The van der Waals surface area contributed by atoms with Crippen LogP contribution in [0.5, 0.6) is 0 Å². The zero-order valence-electron chi connectivity index (χ0n) is 11.2. The lowest BCUT2D eigenvalue weighted by Crippen LogP contribution is -2.29. The first-order chi connectivity index (χ1) is 10.1. The maximum Gasteiger partial charge on any atom is 0.276 e. The molecule has 0 unspecified atom stereocenters. The third-order valence-electron chi connectivity index (χ3n) is 3.10. The van der Waals surface area contributed by atoms with E-state index >= 15 is 0 Å². The molecule has 0 aliphatic heterocycles. The highest BCUT2D eigenvalue weighted by Crippen LogP contribution is 2.09. The molecular weight excluding hydrogens is 274 g/mol. The Bertz CT molecular complexity index is 873. The minimum absolute atomic E-state index is 0.181. The van der Waals surface area contributed by atoms with Gasteiger partial charge < -0.3 is 8.98 Å². The van der Waals surface area contributed by atoms with Crippen LogP contribution in [0.3, 0.4) is 0 Å². The van der Waals surface area contributed by atoms with Crippen molar-refractivity contribution in [3.8, 4) is 0 Å². The third kappa shape index (κ3) is 2.32. The molecule has 3 N–H and O–H groups in total. The molecule has 0 radical (unpaired) electrons. The molecule has 0 atom stereocenters. The summed E-state index contributed by atoms with van der Waals surface area (Å²) >= 11 is 0. The third-order valence-corrected chi connectivity index (χ3v) is 3.10. The Morgan fingerprint density at radius 3 is 3.00 bits per heavy atom. The summed E-state index contributed by atoms with van der Waals surface area (Å²) < 4.78 is 8.28. The van der Waals surface area contributed by atoms with Gasteiger partial charge in [-0.05, 0) is 19.1 Å². The Labute approximate surface area is 118 Å². The number of nitrogens with one attached hydrogen (secondary N) is 1. The summed E-state index contributed by atoms with van der Waals surface area (Å²) in [5.41, 5.74) is 3.40. The minimum Gasteiger partial charge on any atom is -0.467 e. The van der Waals surface area contributed by atoms with Gasteiger partial charge >= 0.3 is 0 Å². The van der Waals surface area contributed by atoms with Crippen LogP contribution in [0, 0.1) is 6.92 Å². The van der Waals surface area contributed by atoms with Crippen molar-refractivity contribution in [3.05, 3.63) is 58.2 Å². The molecule has 3 aromatic rings. The Morgan fingerprint density at radius 2 is 2.24 bits per heavy atom. The number of furan rings is 1. The predicted octanol–water partition coefficient (Wildman–Crippen LogP) is 0.0492. The molecule has 0 aliphatic carbocycles. The zero-order chi connectivity index (χ0) is 15.0. The fourth-order valence-electron chi connectivity index (χ4n) is 2.11. The van der Waals surface area contributed by atoms with Gasteiger partial charge in [0.05, 0.1) is 17.8 Å². The summed E-state index contributed by atoms with van der Waals surface area (Å²) in [6, 6.07) is 3.26. The maximum absolute atomic E-state index is 12.3. The fraction of sp³-hybridized carbons (Fsp3) is 0.154. The second-order valence-electron chi connectivity index (χ2n) is 4.62. The van der Waals surface area contributed by atoms with Gasteiger partial charge in [0.25, 0.3) is 11.5 Å². The lowest BCUT2D eigenvalue weighted by molar-refractivity contribution is 0.0953. The summed E-state index contributed by atoms with van der Waals surface area (Å²) in [5.74, 6) is 5.09. The van der Waals surface area contributed by atoms with Crippen molar-refractivity contribution in [2.24, 2.45) is 5.84 Å². The van der Waals surface area contributed by atoms with Crippen LogP contribution >= 0.6 is 0 Å². The minimum atomic E-state index is -0.445. The molecule has 3 rings (SSSR count). The van der Waals surface area contributed by atoms with E-state index in [0.29, 0.717) is 16.8 Å². The SMILES string of the molecule is Cc1cc2c(=O)n(Cc3cc(C(=O)NN)co3)ccn2n1. The molecule has 1 amide bonds. The van der Waals surface area contributed by atoms with Crippen LogP contribution in [0.1, 0.15) is 21.8 Å². The molecule has 0 fully saturated rings. The normalized spacial score (nSPS) is 11.0. The van der Waals surface area contributed by atoms with Crippen LogP contribution in [0.15, 0.2) is 40.0 Å². The van der Waals surface area contributed by atoms with Crippen molar-refractivity contribution >= 4 is 11.4 Å². The summed E-state index contributed by atoms with van der Waals surface area (Å²) in [5, 5.41) is 4.17. The molecule has 3 heterocycles. The number of fused-ring (bicyclic) bond motifs is 1. The van der Waals surface area contributed by atoms with Gasteiger partial charge in [-0.3, -0.25) is 15.0 Å². The molecule has 8 nitrogen and oxygen atoms in total. The van der Waals surface area contributed by atoms with Crippen LogP contribution in [-0.2, 0) is 6.54 Å². The van der Waals surface area contributed by atoms with Crippen LogP contribution in [0.25, 0.3) is 5.52 Å². The van der Waals surface area contributed by atoms with Crippen LogP contribution in [0.4, 0.5) is 0 Å². The number of nitrogens with two attached hydrogens (primary N) is 1. The summed E-state index contributed by atoms with van der Waals surface area (Å²) in [7, 11) is 0. The van der Waals surface area contributed by atoms with E-state index in [9.17, 15) is 9.59 Å². The zero-order valence-corrected chi connectivity index (χ0v) is 11.2. The van der Waals surface area contributed by atoms with Crippen LogP contribution in [-0.4, -0.2) is 20.1 Å². The summed E-state index contributed by atoms with van der Waals surface area (Å²) in [6.45, 7) is 2.04. The average molecular weight is 287 g/mol. The van der Waals surface area contributed by atoms with Crippen molar-refractivity contribution in [1.82, 2.24) is 19.6 Å². The van der Waals surface area contributed by atoms with E-state index < -0.39 is 5.91 Å². The first-order valence-electron chi connectivity index (χ1n) is 6.22. The number of hydrogen-bond donors (Lipinski definition) is 2. The smallest absolute Gasteiger partial charge is 0.276 e. The molecule has 0 aliphatic rings. The molecular formula is C13H13N5O3. The van der Waals surface area contributed by atoms with Gasteiger partial charge in [-0.1, -0.05) is 0 Å². The second kappa shape index (κ2) is 4.91. The lowest BCUT2D eigenvalue weighted by atomic mass is 10.3. The molecule has 108 valence electrons. The highest BCUT2D eigenvalue weighted by atomic mass is 16.3. The van der Waals surface area contributed by atoms with Gasteiger partial charge in [-0.2, -0.15) is 5.10 Å². The number of carbonyl (C=O) groups excluding carboxylic acids is 1. The number of aryl methyl sites for hydroxylation is 1. The topological polar surface area (TPSA) is 108 Å². The number of amides is 1. The first kappa shape index (κ1) is 13.1. The molecule has 21 heavy (non-hydrogen) atoms. The maximum atomic E-state index is 12.3. The molecule has 0 saturated heterocycles. The van der Waals surface area contributed by atoms with Crippen molar-refractivity contribution in [3.63, 3.8) is 0 Å². The predicted molar refractivity (Wildman–Crippen MR) is 73.7 cm³/mol. The fourth-order valence-corrected chi connectivity index (χ4v) is 2.11. The molecule has 0 spiro atoms. The largest absolute Gasteiger partial charge is 0.467 e. The number of nitrogens with zero attached hydrogens (tertiary/aromatic N) is 3. The Hall–Kier alpha value is -2.87. The number of hydrazine groups is 1. The van der Waals surface area contributed by atoms with Crippen molar-refractivity contribution in [2.75, 3.05) is 0 Å². The van der Waals surface area contributed by atoms with Crippen molar-refractivity contribution < 1.29 is 9.21 Å². The van der Waals surface area contributed by atoms with E-state index in [2.05, 4.69) is 5.10 Å². The van der Waals surface area contributed by atoms with Crippen molar-refractivity contribution in [1.29, 1.82) is 0 Å². The monoisotopic (exact) mass is 287 g/mol. The summed E-state index contributed by atoms with van der Waals surface area (Å²) in [4.78, 5) is 23.7. The van der Waals surface area contributed by atoms with Crippen LogP contribution < -0.4 is 16.8 Å². The van der Waals surface area contributed by atoms with Gasteiger partial charge in [0.15, 0.2) is 0 Å².